The second-order valence-electron chi connectivity index (χ2n) is 5.18. The number of hydrogen-bond donors (Lipinski definition) is 1. The van der Waals surface area contributed by atoms with E-state index in [4.69, 9.17) is 16.3 Å². The van der Waals surface area contributed by atoms with Crippen molar-refractivity contribution in [3.05, 3.63) is 63.9 Å². The molecule has 1 N–H and O–H groups in total. The van der Waals surface area contributed by atoms with Crippen LogP contribution in [0.15, 0.2) is 36.4 Å². The summed E-state index contributed by atoms with van der Waals surface area (Å²) in [5, 5.41) is 3.38. The van der Waals surface area contributed by atoms with Gasteiger partial charge in [0.05, 0.1) is 17.7 Å². The number of halogens is 2. The summed E-state index contributed by atoms with van der Waals surface area (Å²) in [6.07, 6.45) is 2.06. The summed E-state index contributed by atoms with van der Waals surface area (Å²) in [7, 11) is 1.86. The molecule has 0 spiro atoms. The number of nitrogens with one attached hydrogen (secondary N) is 1. The topological polar surface area (TPSA) is 21.3 Å². The molecule has 4 heteroatoms. The summed E-state index contributed by atoms with van der Waals surface area (Å²) in [4.78, 5) is 0. The highest BCUT2D eigenvalue weighted by Gasteiger charge is 2.21. The quantitative estimate of drug-likeness (QED) is 0.921. The van der Waals surface area contributed by atoms with E-state index in [2.05, 4.69) is 11.4 Å². The van der Waals surface area contributed by atoms with E-state index < -0.39 is 5.82 Å². The Morgan fingerprint density at radius 3 is 2.90 bits per heavy atom. The van der Waals surface area contributed by atoms with Crippen LogP contribution in [-0.2, 0) is 6.42 Å². The molecule has 0 bridgehead atoms. The summed E-state index contributed by atoms with van der Waals surface area (Å²) in [6.45, 7) is 0.732. The average Bonchev–Trinajstić information content (AvgIpc) is 2.52. The van der Waals surface area contributed by atoms with Gasteiger partial charge in [-0.1, -0.05) is 35.9 Å². The van der Waals surface area contributed by atoms with Gasteiger partial charge in [-0.15, -0.1) is 0 Å². The summed E-state index contributed by atoms with van der Waals surface area (Å²) in [5.74, 6) is 0.526. The Morgan fingerprint density at radius 2 is 2.14 bits per heavy atom. The number of hydrogen-bond acceptors (Lipinski definition) is 2. The van der Waals surface area contributed by atoms with Crippen LogP contribution in [0.25, 0.3) is 0 Å². The fourth-order valence-corrected chi connectivity index (χ4v) is 2.95. The first kappa shape index (κ1) is 14.4. The molecule has 21 heavy (non-hydrogen) atoms. The van der Waals surface area contributed by atoms with Crippen LogP contribution in [0.3, 0.4) is 0 Å². The van der Waals surface area contributed by atoms with E-state index in [1.165, 1.54) is 11.6 Å². The molecule has 0 fully saturated rings. The number of aryl methyl sites for hydroxylation is 1. The fourth-order valence-electron chi connectivity index (χ4n) is 2.84. The molecule has 0 saturated heterocycles. The maximum absolute atomic E-state index is 13.7. The molecule has 1 heterocycles. The molecule has 2 nitrogen and oxygen atoms in total. The van der Waals surface area contributed by atoms with Crippen molar-refractivity contribution in [1.82, 2.24) is 5.32 Å². The van der Waals surface area contributed by atoms with E-state index in [9.17, 15) is 4.39 Å². The minimum atomic E-state index is -0.403. The molecule has 110 valence electrons. The molecule has 0 radical (unpaired) electrons. The van der Waals surface area contributed by atoms with Crippen LogP contribution in [0.2, 0.25) is 5.02 Å². The third-order valence-electron chi connectivity index (χ3n) is 3.84. The van der Waals surface area contributed by atoms with Gasteiger partial charge in [-0.05, 0) is 43.1 Å². The van der Waals surface area contributed by atoms with Gasteiger partial charge in [0.1, 0.15) is 11.6 Å². The van der Waals surface area contributed by atoms with E-state index in [0.717, 1.165) is 36.3 Å². The first-order chi connectivity index (χ1) is 10.2. The summed E-state index contributed by atoms with van der Waals surface area (Å²) in [5.41, 5.74) is 3.09. The summed E-state index contributed by atoms with van der Waals surface area (Å²) >= 11 is 5.77. The third-order valence-corrected chi connectivity index (χ3v) is 4.15. The maximum Gasteiger partial charge on any atom is 0.142 e. The monoisotopic (exact) mass is 305 g/mol. The zero-order valence-electron chi connectivity index (χ0n) is 11.8. The van der Waals surface area contributed by atoms with Gasteiger partial charge >= 0.3 is 0 Å². The van der Waals surface area contributed by atoms with Gasteiger partial charge in [-0.25, -0.2) is 4.39 Å². The standard InChI is InChI=1S/C17H17ClFNO/c1-20-16(12-7-8-14(18)15(19)10-12)13-6-2-4-11-5-3-9-21-17(11)13/h2,4,6-8,10,16,20H,3,5,9H2,1H3. The van der Waals surface area contributed by atoms with Gasteiger partial charge in [0.2, 0.25) is 0 Å². The van der Waals surface area contributed by atoms with Crippen molar-refractivity contribution < 1.29 is 9.13 Å². The number of benzene rings is 2. The van der Waals surface area contributed by atoms with E-state index in [1.807, 2.05) is 25.2 Å². The van der Waals surface area contributed by atoms with Crippen LogP contribution in [0.5, 0.6) is 5.75 Å². The highest BCUT2D eigenvalue weighted by molar-refractivity contribution is 6.30. The van der Waals surface area contributed by atoms with Crippen molar-refractivity contribution >= 4 is 11.6 Å². The summed E-state index contributed by atoms with van der Waals surface area (Å²) < 4.78 is 19.6. The van der Waals surface area contributed by atoms with Crippen LogP contribution < -0.4 is 10.1 Å². The highest BCUT2D eigenvalue weighted by Crippen LogP contribution is 2.36. The van der Waals surface area contributed by atoms with E-state index in [0.29, 0.717) is 0 Å². The minimum Gasteiger partial charge on any atom is -0.493 e. The van der Waals surface area contributed by atoms with Crippen molar-refractivity contribution in [3.8, 4) is 5.75 Å². The van der Waals surface area contributed by atoms with Crippen LogP contribution in [0.1, 0.15) is 29.2 Å². The molecule has 0 aliphatic carbocycles. The zero-order valence-corrected chi connectivity index (χ0v) is 12.6. The van der Waals surface area contributed by atoms with E-state index >= 15 is 0 Å². The largest absolute Gasteiger partial charge is 0.493 e. The van der Waals surface area contributed by atoms with Crippen molar-refractivity contribution in [2.45, 2.75) is 18.9 Å². The van der Waals surface area contributed by atoms with Gasteiger partial charge in [-0.2, -0.15) is 0 Å². The van der Waals surface area contributed by atoms with Crippen molar-refractivity contribution in [2.75, 3.05) is 13.7 Å². The fraction of sp³-hybridized carbons (Fsp3) is 0.294. The van der Waals surface area contributed by atoms with Crippen molar-refractivity contribution in [2.24, 2.45) is 0 Å². The molecule has 1 aliphatic heterocycles. The lowest BCUT2D eigenvalue weighted by Crippen LogP contribution is -2.21. The molecule has 1 atom stereocenters. The predicted molar refractivity (Wildman–Crippen MR) is 82.6 cm³/mol. The lowest BCUT2D eigenvalue weighted by Gasteiger charge is -2.25. The Kier molecular flexibility index (Phi) is 4.13. The molecule has 0 aromatic heterocycles. The van der Waals surface area contributed by atoms with Crippen LogP contribution in [-0.4, -0.2) is 13.7 Å². The number of rotatable bonds is 3. The minimum absolute atomic E-state index is 0.121. The number of para-hydroxylation sites is 1. The second kappa shape index (κ2) is 6.04. The summed E-state index contributed by atoms with van der Waals surface area (Å²) in [6, 6.07) is 10.9. The molecule has 0 saturated carbocycles. The first-order valence-electron chi connectivity index (χ1n) is 7.07. The smallest absolute Gasteiger partial charge is 0.142 e. The first-order valence-corrected chi connectivity index (χ1v) is 7.45. The molecule has 1 unspecified atom stereocenters. The van der Waals surface area contributed by atoms with E-state index in [-0.39, 0.29) is 11.1 Å². The van der Waals surface area contributed by atoms with Gasteiger partial charge in [-0.3, -0.25) is 0 Å². The molecule has 1 aliphatic rings. The van der Waals surface area contributed by atoms with Gasteiger partial charge < -0.3 is 10.1 Å². The Bertz CT molecular complexity index is 659. The zero-order chi connectivity index (χ0) is 14.8. The predicted octanol–water partition coefficient (Wildman–Crippen LogP) is 4.11. The molecule has 3 rings (SSSR count). The Labute approximate surface area is 128 Å². The molecular formula is C17H17ClFNO. The number of ether oxygens (including phenoxy) is 1. The average molecular weight is 306 g/mol. The lowest BCUT2D eigenvalue weighted by molar-refractivity contribution is 0.283. The number of fused-ring (bicyclic) bond motifs is 1. The molecule has 2 aromatic rings. The van der Waals surface area contributed by atoms with Crippen LogP contribution >= 0.6 is 11.6 Å². The Balaban J connectivity index is 2.06. The van der Waals surface area contributed by atoms with Crippen molar-refractivity contribution in [1.29, 1.82) is 0 Å². The Morgan fingerprint density at radius 1 is 1.29 bits per heavy atom. The van der Waals surface area contributed by atoms with Gasteiger partial charge in [0.15, 0.2) is 0 Å². The van der Waals surface area contributed by atoms with Crippen LogP contribution in [0, 0.1) is 5.82 Å². The lowest BCUT2D eigenvalue weighted by atomic mass is 9.94. The SMILES string of the molecule is CNC(c1ccc(Cl)c(F)c1)c1cccc2c1OCCC2. The maximum atomic E-state index is 13.7. The van der Waals surface area contributed by atoms with Crippen LogP contribution in [0.4, 0.5) is 4.39 Å². The van der Waals surface area contributed by atoms with E-state index in [1.54, 1.807) is 6.07 Å². The molecule has 2 aromatic carbocycles. The third kappa shape index (κ3) is 2.76. The second-order valence-corrected chi connectivity index (χ2v) is 5.59. The van der Waals surface area contributed by atoms with Crippen molar-refractivity contribution in [3.63, 3.8) is 0 Å². The van der Waals surface area contributed by atoms with Gasteiger partial charge in [0.25, 0.3) is 0 Å². The highest BCUT2D eigenvalue weighted by atomic mass is 35.5. The van der Waals surface area contributed by atoms with Gasteiger partial charge in [0, 0.05) is 5.56 Å². The Hall–Kier alpha value is -1.58. The normalized spacial score (nSPS) is 15.2. The molecule has 0 amide bonds. The molecular weight excluding hydrogens is 289 g/mol.